The zero-order valence-corrected chi connectivity index (χ0v) is 13.1. The number of nitrogens with one attached hydrogen (secondary N) is 1. The Morgan fingerprint density at radius 3 is 2.55 bits per heavy atom. The first-order chi connectivity index (χ1) is 9.49. The highest BCUT2D eigenvalue weighted by Crippen LogP contribution is 2.26. The van der Waals surface area contributed by atoms with E-state index >= 15 is 0 Å². The van der Waals surface area contributed by atoms with Crippen molar-refractivity contribution in [1.29, 1.82) is 0 Å². The smallest absolute Gasteiger partial charge is 0.267 e. The van der Waals surface area contributed by atoms with Crippen LogP contribution in [-0.2, 0) is 0 Å². The summed E-state index contributed by atoms with van der Waals surface area (Å²) in [7, 11) is 0. The molecule has 1 aromatic carbocycles. The van der Waals surface area contributed by atoms with Gasteiger partial charge in [-0.15, -0.1) is 0 Å². The molecule has 0 unspecified atom stereocenters. The fraction of sp³-hybridized carbons (Fsp3) is 0.467. The van der Waals surface area contributed by atoms with Crippen molar-refractivity contribution in [2.45, 2.75) is 33.1 Å². The molecule has 1 N–H and O–H groups in total. The molecule has 0 saturated heterocycles. The Morgan fingerprint density at radius 2 is 1.90 bits per heavy atom. The van der Waals surface area contributed by atoms with Crippen molar-refractivity contribution in [3.63, 3.8) is 0 Å². The zero-order valence-electron chi connectivity index (χ0n) is 11.6. The molecule has 0 radical (unpaired) electrons. The van der Waals surface area contributed by atoms with Crippen LogP contribution in [0.4, 0.5) is 0 Å². The molecule has 0 heterocycles. The van der Waals surface area contributed by atoms with Crippen molar-refractivity contribution in [2.24, 2.45) is 16.9 Å². The van der Waals surface area contributed by atoms with Crippen molar-refractivity contribution < 1.29 is 4.79 Å². The molecule has 108 valence electrons. The molecule has 0 spiro atoms. The van der Waals surface area contributed by atoms with Crippen LogP contribution in [0.1, 0.15) is 43.5 Å². The molecule has 20 heavy (non-hydrogen) atoms. The van der Waals surface area contributed by atoms with Crippen LogP contribution in [0, 0.1) is 11.8 Å². The molecule has 1 aliphatic carbocycles. The first-order valence-corrected chi connectivity index (χ1v) is 7.57. The van der Waals surface area contributed by atoms with Crippen LogP contribution in [-0.4, -0.2) is 11.6 Å². The summed E-state index contributed by atoms with van der Waals surface area (Å²) < 4.78 is 0. The molecule has 1 fully saturated rings. The summed E-state index contributed by atoms with van der Waals surface area (Å²) in [4.78, 5) is 12.1. The SMILES string of the molecule is C[C@@H]1CCC[C@@H](C)C1=NNC(=O)c1cc(Cl)ccc1Cl. The van der Waals surface area contributed by atoms with Gasteiger partial charge in [-0.1, -0.05) is 43.5 Å². The lowest BCUT2D eigenvalue weighted by molar-refractivity contribution is 0.0954. The van der Waals surface area contributed by atoms with Crippen LogP contribution in [0.15, 0.2) is 23.3 Å². The van der Waals surface area contributed by atoms with Gasteiger partial charge in [-0.2, -0.15) is 5.10 Å². The third kappa shape index (κ3) is 3.53. The van der Waals surface area contributed by atoms with Gasteiger partial charge >= 0.3 is 0 Å². The van der Waals surface area contributed by atoms with Crippen molar-refractivity contribution in [1.82, 2.24) is 5.43 Å². The average molecular weight is 313 g/mol. The molecular weight excluding hydrogens is 295 g/mol. The largest absolute Gasteiger partial charge is 0.272 e. The van der Waals surface area contributed by atoms with Crippen LogP contribution in [0.3, 0.4) is 0 Å². The summed E-state index contributed by atoms with van der Waals surface area (Å²) in [5.41, 5.74) is 4.01. The average Bonchev–Trinajstić information content (AvgIpc) is 2.40. The van der Waals surface area contributed by atoms with Crippen molar-refractivity contribution in [3.05, 3.63) is 33.8 Å². The number of amides is 1. The number of carbonyl (C=O) groups excluding carboxylic acids is 1. The monoisotopic (exact) mass is 312 g/mol. The standard InChI is InChI=1S/C15H18Cl2N2O/c1-9-4-3-5-10(2)14(9)18-19-15(20)12-8-11(16)6-7-13(12)17/h6-10H,3-5H2,1-2H3,(H,19,20)/t9-,10-/m1/s1. The number of carbonyl (C=O) groups is 1. The summed E-state index contributed by atoms with van der Waals surface area (Å²) >= 11 is 11.9. The molecule has 0 aromatic heterocycles. The Bertz CT molecular complexity index is 531. The second-order valence-electron chi connectivity index (χ2n) is 5.33. The summed E-state index contributed by atoms with van der Waals surface area (Å²) in [6.07, 6.45) is 3.46. The lowest BCUT2D eigenvalue weighted by atomic mass is 9.81. The van der Waals surface area contributed by atoms with Gasteiger partial charge in [0.15, 0.2) is 0 Å². The quantitative estimate of drug-likeness (QED) is 0.800. The van der Waals surface area contributed by atoms with Gasteiger partial charge in [-0.25, -0.2) is 5.43 Å². The summed E-state index contributed by atoms with van der Waals surface area (Å²) in [5.74, 6) is 0.498. The first-order valence-electron chi connectivity index (χ1n) is 6.82. The zero-order chi connectivity index (χ0) is 14.7. The highest BCUT2D eigenvalue weighted by atomic mass is 35.5. The Morgan fingerprint density at radius 1 is 1.25 bits per heavy atom. The molecule has 2 rings (SSSR count). The van der Waals surface area contributed by atoms with Gasteiger partial charge in [0.05, 0.1) is 10.6 Å². The van der Waals surface area contributed by atoms with E-state index in [2.05, 4.69) is 24.4 Å². The van der Waals surface area contributed by atoms with Gasteiger partial charge in [0.25, 0.3) is 5.91 Å². The van der Waals surface area contributed by atoms with Gasteiger partial charge in [-0.3, -0.25) is 4.79 Å². The van der Waals surface area contributed by atoms with E-state index in [4.69, 9.17) is 23.2 Å². The number of rotatable bonds is 2. The van der Waals surface area contributed by atoms with Gasteiger partial charge in [0.2, 0.25) is 0 Å². The fourth-order valence-electron chi connectivity index (χ4n) is 2.58. The van der Waals surface area contributed by atoms with Crippen LogP contribution in [0.5, 0.6) is 0 Å². The van der Waals surface area contributed by atoms with Crippen molar-refractivity contribution in [3.8, 4) is 0 Å². The number of hydrogen-bond acceptors (Lipinski definition) is 2. The third-order valence-electron chi connectivity index (χ3n) is 3.74. The second-order valence-corrected chi connectivity index (χ2v) is 6.18. The maximum absolute atomic E-state index is 12.1. The van der Waals surface area contributed by atoms with Gasteiger partial charge in [-0.05, 0) is 42.9 Å². The van der Waals surface area contributed by atoms with Crippen LogP contribution < -0.4 is 5.43 Å². The maximum atomic E-state index is 12.1. The van der Waals surface area contributed by atoms with E-state index in [9.17, 15) is 4.79 Å². The van der Waals surface area contributed by atoms with E-state index in [0.717, 1.165) is 18.6 Å². The topological polar surface area (TPSA) is 41.5 Å². The van der Waals surface area contributed by atoms with Crippen LogP contribution in [0.2, 0.25) is 10.0 Å². The minimum atomic E-state index is -0.324. The van der Waals surface area contributed by atoms with Gasteiger partial charge in [0.1, 0.15) is 0 Å². The lowest BCUT2D eigenvalue weighted by Crippen LogP contribution is -2.29. The third-order valence-corrected chi connectivity index (χ3v) is 4.31. The van der Waals surface area contributed by atoms with Gasteiger partial charge < -0.3 is 0 Å². The van der Waals surface area contributed by atoms with E-state index in [0.29, 0.717) is 27.4 Å². The number of hydrazone groups is 1. The van der Waals surface area contributed by atoms with Gasteiger partial charge in [0, 0.05) is 10.7 Å². The Labute approximate surface area is 129 Å². The predicted octanol–water partition coefficient (Wildman–Crippen LogP) is 4.54. The molecule has 2 atom stereocenters. The minimum absolute atomic E-state index is 0.324. The van der Waals surface area contributed by atoms with E-state index < -0.39 is 0 Å². The number of hydrogen-bond donors (Lipinski definition) is 1. The number of halogens is 2. The Hall–Kier alpha value is -1.06. The van der Waals surface area contributed by atoms with E-state index in [1.165, 1.54) is 6.42 Å². The van der Waals surface area contributed by atoms with Crippen LogP contribution >= 0.6 is 23.2 Å². The Kier molecular flexibility index (Phi) is 5.06. The molecule has 1 amide bonds. The minimum Gasteiger partial charge on any atom is -0.267 e. The Balaban J connectivity index is 2.13. The molecule has 1 aliphatic rings. The maximum Gasteiger partial charge on any atom is 0.272 e. The van der Waals surface area contributed by atoms with Crippen molar-refractivity contribution in [2.75, 3.05) is 0 Å². The summed E-state index contributed by atoms with van der Waals surface area (Å²) in [6.45, 7) is 4.29. The summed E-state index contributed by atoms with van der Waals surface area (Å²) in [6, 6.07) is 4.81. The second kappa shape index (κ2) is 6.59. The normalized spacial score (nSPS) is 22.5. The van der Waals surface area contributed by atoms with Crippen molar-refractivity contribution >= 4 is 34.8 Å². The molecule has 0 aliphatic heterocycles. The number of benzene rings is 1. The fourth-order valence-corrected chi connectivity index (χ4v) is 2.95. The van der Waals surface area contributed by atoms with E-state index in [1.54, 1.807) is 18.2 Å². The molecule has 1 saturated carbocycles. The molecule has 0 bridgehead atoms. The van der Waals surface area contributed by atoms with E-state index in [1.807, 2.05) is 0 Å². The lowest BCUT2D eigenvalue weighted by Gasteiger charge is -2.26. The highest BCUT2D eigenvalue weighted by molar-refractivity contribution is 6.35. The highest BCUT2D eigenvalue weighted by Gasteiger charge is 2.23. The van der Waals surface area contributed by atoms with Crippen LogP contribution in [0.25, 0.3) is 0 Å². The molecular formula is C15H18Cl2N2O. The predicted molar refractivity (Wildman–Crippen MR) is 83.5 cm³/mol. The first kappa shape index (κ1) is 15.3. The summed E-state index contributed by atoms with van der Waals surface area (Å²) in [5, 5.41) is 5.16. The number of nitrogens with zero attached hydrogens (tertiary/aromatic N) is 1. The molecule has 3 nitrogen and oxygen atoms in total. The van der Waals surface area contributed by atoms with E-state index in [-0.39, 0.29) is 5.91 Å². The molecule has 1 aromatic rings. The molecule has 5 heteroatoms.